The second-order valence-electron chi connectivity index (χ2n) is 10.3. The Balaban J connectivity index is 2.12. The summed E-state index contributed by atoms with van der Waals surface area (Å²) in [4.78, 5) is 28.5. The minimum atomic E-state index is -4.29. The van der Waals surface area contributed by atoms with E-state index in [-0.39, 0.29) is 27.9 Å². The Morgan fingerprint density at radius 2 is 1.56 bits per heavy atom. The normalized spacial score (nSPS) is 12.4. The third kappa shape index (κ3) is 8.29. The Morgan fingerprint density at radius 3 is 2.15 bits per heavy atom. The first kappa shape index (κ1) is 32.5. The van der Waals surface area contributed by atoms with Crippen LogP contribution in [0.4, 0.5) is 5.69 Å². The van der Waals surface area contributed by atoms with Gasteiger partial charge in [-0.15, -0.1) is 0 Å². The third-order valence-electron chi connectivity index (χ3n) is 6.04. The highest BCUT2D eigenvalue weighted by atomic mass is 35.5. The number of methoxy groups -OCH3 is 1. The number of nitrogens with one attached hydrogen (secondary N) is 1. The lowest BCUT2D eigenvalue weighted by Crippen LogP contribution is -2.54. The van der Waals surface area contributed by atoms with Gasteiger partial charge in [0.15, 0.2) is 0 Å². The number of amides is 2. The summed E-state index contributed by atoms with van der Waals surface area (Å²) in [6.07, 6.45) is 0. The van der Waals surface area contributed by atoms with Crippen molar-refractivity contribution in [2.75, 3.05) is 18.0 Å². The zero-order chi connectivity index (χ0) is 30.5. The number of hydrogen-bond donors (Lipinski definition) is 1. The van der Waals surface area contributed by atoms with Crippen LogP contribution in [0.2, 0.25) is 15.1 Å². The van der Waals surface area contributed by atoms with Crippen LogP contribution in [0.1, 0.15) is 33.3 Å². The Labute approximate surface area is 256 Å². The van der Waals surface area contributed by atoms with Gasteiger partial charge in [0, 0.05) is 27.2 Å². The highest BCUT2D eigenvalue weighted by Gasteiger charge is 2.34. The molecule has 0 aliphatic heterocycles. The molecule has 3 aromatic carbocycles. The first-order valence-corrected chi connectivity index (χ1v) is 15.2. The van der Waals surface area contributed by atoms with Crippen LogP contribution in [0.25, 0.3) is 0 Å². The number of ether oxygens (including phenoxy) is 1. The number of benzene rings is 3. The fraction of sp³-hybridized carbons (Fsp3) is 0.310. The molecular weight excluding hydrogens is 609 g/mol. The number of nitrogens with zero attached hydrogens (tertiary/aromatic N) is 2. The topological polar surface area (TPSA) is 96.0 Å². The zero-order valence-corrected chi connectivity index (χ0v) is 26.4. The van der Waals surface area contributed by atoms with Crippen molar-refractivity contribution in [2.24, 2.45) is 0 Å². The monoisotopic (exact) mass is 639 g/mol. The minimum absolute atomic E-state index is 0.0411. The van der Waals surface area contributed by atoms with Gasteiger partial charge in [0.25, 0.3) is 10.0 Å². The number of anilines is 1. The van der Waals surface area contributed by atoms with Gasteiger partial charge in [0.1, 0.15) is 18.3 Å². The molecular formula is C29H32Cl3N3O5S. The van der Waals surface area contributed by atoms with Gasteiger partial charge in [0.05, 0.1) is 17.7 Å². The van der Waals surface area contributed by atoms with Crippen LogP contribution in [0.3, 0.4) is 0 Å². The van der Waals surface area contributed by atoms with E-state index in [4.69, 9.17) is 39.5 Å². The Morgan fingerprint density at radius 1 is 0.951 bits per heavy atom. The van der Waals surface area contributed by atoms with E-state index in [2.05, 4.69) is 5.32 Å². The van der Waals surface area contributed by atoms with Crippen LogP contribution in [-0.2, 0) is 26.2 Å². The first-order chi connectivity index (χ1) is 19.1. The summed E-state index contributed by atoms with van der Waals surface area (Å²) in [7, 11) is -2.91. The zero-order valence-electron chi connectivity index (χ0n) is 23.3. The Kier molecular flexibility index (Phi) is 10.6. The summed E-state index contributed by atoms with van der Waals surface area (Å²) < 4.78 is 34.3. The van der Waals surface area contributed by atoms with Crippen molar-refractivity contribution in [3.05, 3.63) is 87.4 Å². The largest absolute Gasteiger partial charge is 0.495 e. The van der Waals surface area contributed by atoms with E-state index in [0.717, 1.165) is 4.31 Å². The van der Waals surface area contributed by atoms with Crippen LogP contribution in [-0.4, -0.2) is 50.4 Å². The number of halogens is 3. The fourth-order valence-corrected chi connectivity index (χ4v) is 6.05. The average molecular weight is 641 g/mol. The summed E-state index contributed by atoms with van der Waals surface area (Å²) in [6, 6.07) is 16.0. The molecule has 3 rings (SSSR count). The van der Waals surface area contributed by atoms with Crippen molar-refractivity contribution in [3.63, 3.8) is 0 Å². The fourth-order valence-electron chi connectivity index (χ4n) is 3.98. The van der Waals surface area contributed by atoms with Crippen LogP contribution in [0.15, 0.2) is 71.6 Å². The summed E-state index contributed by atoms with van der Waals surface area (Å²) in [5, 5.41) is 3.82. The van der Waals surface area contributed by atoms with Gasteiger partial charge in [0.2, 0.25) is 11.8 Å². The van der Waals surface area contributed by atoms with E-state index < -0.39 is 40.0 Å². The van der Waals surface area contributed by atoms with E-state index in [0.29, 0.717) is 15.6 Å². The molecule has 0 bridgehead atoms. The second-order valence-corrected chi connectivity index (χ2v) is 13.5. The van der Waals surface area contributed by atoms with Crippen molar-refractivity contribution in [1.82, 2.24) is 10.2 Å². The van der Waals surface area contributed by atoms with Crippen LogP contribution in [0, 0.1) is 0 Å². The molecule has 12 heteroatoms. The van der Waals surface area contributed by atoms with Crippen molar-refractivity contribution < 1.29 is 22.7 Å². The van der Waals surface area contributed by atoms with E-state index in [9.17, 15) is 18.0 Å². The van der Waals surface area contributed by atoms with E-state index >= 15 is 0 Å². The Bertz CT molecular complexity index is 1510. The molecule has 3 aromatic rings. The smallest absolute Gasteiger partial charge is 0.264 e. The molecule has 0 unspecified atom stereocenters. The van der Waals surface area contributed by atoms with Crippen LogP contribution >= 0.6 is 34.8 Å². The maximum Gasteiger partial charge on any atom is 0.264 e. The van der Waals surface area contributed by atoms with Gasteiger partial charge in [-0.25, -0.2) is 8.42 Å². The van der Waals surface area contributed by atoms with Crippen LogP contribution < -0.4 is 14.4 Å². The second kappa shape index (κ2) is 13.3. The molecule has 0 spiro atoms. The summed E-state index contributed by atoms with van der Waals surface area (Å²) >= 11 is 18.7. The molecule has 0 heterocycles. The summed E-state index contributed by atoms with van der Waals surface area (Å²) in [5.74, 6) is -0.893. The first-order valence-electron chi connectivity index (χ1n) is 12.6. The molecule has 0 fully saturated rings. The summed E-state index contributed by atoms with van der Waals surface area (Å²) in [6.45, 7) is 6.28. The minimum Gasteiger partial charge on any atom is -0.495 e. The van der Waals surface area contributed by atoms with Crippen molar-refractivity contribution in [1.29, 1.82) is 0 Å². The molecule has 1 N–H and O–H groups in total. The molecule has 1 atom stereocenters. The molecule has 0 aromatic heterocycles. The predicted octanol–water partition coefficient (Wildman–Crippen LogP) is 6.18. The maximum absolute atomic E-state index is 14.1. The van der Waals surface area contributed by atoms with Gasteiger partial charge in [-0.05, 0) is 75.7 Å². The predicted molar refractivity (Wildman–Crippen MR) is 163 cm³/mol. The lowest BCUT2D eigenvalue weighted by molar-refractivity contribution is -0.140. The molecule has 8 nitrogen and oxygen atoms in total. The molecule has 0 aliphatic carbocycles. The van der Waals surface area contributed by atoms with Gasteiger partial charge >= 0.3 is 0 Å². The Hall–Kier alpha value is -2.98. The lowest BCUT2D eigenvalue weighted by Gasteiger charge is -2.34. The summed E-state index contributed by atoms with van der Waals surface area (Å²) in [5.41, 5.74) is 0.0144. The number of carbonyl (C=O) groups excluding carboxylic acids is 2. The third-order valence-corrected chi connectivity index (χ3v) is 8.64. The van der Waals surface area contributed by atoms with Gasteiger partial charge in [-0.1, -0.05) is 59.1 Å². The number of carbonyl (C=O) groups is 2. The molecule has 0 saturated carbocycles. The van der Waals surface area contributed by atoms with Gasteiger partial charge < -0.3 is 15.0 Å². The average Bonchev–Trinajstić information content (AvgIpc) is 2.90. The highest BCUT2D eigenvalue weighted by Crippen LogP contribution is 2.35. The van der Waals surface area contributed by atoms with Crippen molar-refractivity contribution in [3.8, 4) is 5.75 Å². The molecule has 220 valence electrons. The number of hydrogen-bond acceptors (Lipinski definition) is 5. The van der Waals surface area contributed by atoms with Crippen LogP contribution in [0.5, 0.6) is 5.75 Å². The van der Waals surface area contributed by atoms with Crippen molar-refractivity contribution >= 4 is 62.3 Å². The molecule has 0 saturated heterocycles. The highest BCUT2D eigenvalue weighted by molar-refractivity contribution is 7.92. The van der Waals surface area contributed by atoms with Gasteiger partial charge in [-0.3, -0.25) is 13.9 Å². The van der Waals surface area contributed by atoms with Gasteiger partial charge in [-0.2, -0.15) is 0 Å². The lowest BCUT2D eigenvalue weighted by atomic mass is 10.1. The van der Waals surface area contributed by atoms with E-state index in [1.54, 1.807) is 43.3 Å². The SMILES string of the molecule is COc1ccc(Cl)cc1N(CC(=O)N(Cc1ccc(Cl)cc1Cl)[C@@H](C)C(=O)NC(C)(C)C)S(=O)(=O)c1ccccc1. The van der Waals surface area contributed by atoms with Crippen molar-refractivity contribution in [2.45, 2.75) is 50.7 Å². The molecule has 2 amide bonds. The maximum atomic E-state index is 14.1. The van der Waals surface area contributed by atoms with E-state index in [1.807, 2.05) is 20.8 Å². The molecule has 0 aliphatic rings. The number of sulfonamides is 1. The standard InChI is InChI=1S/C29H32Cl3N3O5S/c1-19(28(37)33-29(2,3)4)34(17-20-11-12-21(30)15-24(20)32)27(36)18-35(25-16-22(31)13-14-26(25)40-5)41(38,39)23-9-7-6-8-10-23/h6-16,19H,17-18H2,1-5H3,(H,33,37)/t19-/m0/s1. The number of rotatable bonds is 10. The quantitative estimate of drug-likeness (QED) is 0.286. The molecule has 41 heavy (non-hydrogen) atoms. The molecule has 0 radical (unpaired) electrons. The van der Waals surface area contributed by atoms with E-state index in [1.165, 1.54) is 42.3 Å².